The van der Waals surface area contributed by atoms with E-state index in [1.165, 1.54) is 24.3 Å². The third-order valence-electron chi connectivity index (χ3n) is 4.14. The van der Waals surface area contributed by atoms with E-state index in [9.17, 15) is 24.3 Å². The molecule has 0 aliphatic carbocycles. The van der Waals surface area contributed by atoms with Crippen LogP contribution in [0.1, 0.15) is 28.4 Å². The zero-order valence-electron chi connectivity index (χ0n) is 17.4. The number of carboxylic acids is 2. The predicted molar refractivity (Wildman–Crippen MR) is 117 cm³/mol. The number of aliphatic carboxylic acids is 2. The molecule has 0 fully saturated rings. The molecule has 0 spiro atoms. The van der Waals surface area contributed by atoms with Crippen LogP contribution in [0, 0.1) is 0 Å². The lowest BCUT2D eigenvalue weighted by atomic mass is 10.0. The fraction of sp³-hybridized carbons (Fsp3) is 0.190. The molecule has 2 aromatic carbocycles. The Kier molecular flexibility index (Phi) is 8.74. The van der Waals surface area contributed by atoms with E-state index in [-0.39, 0.29) is 22.8 Å². The fourth-order valence-corrected chi connectivity index (χ4v) is 2.83. The summed E-state index contributed by atoms with van der Waals surface area (Å²) in [5, 5.41) is 23.0. The maximum atomic E-state index is 12.4. The quantitative estimate of drug-likeness (QED) is 0.200. The minimum atomic E-state index is -1.21. The third kappa shape index (κ3) is 8.20. The molecule has 0 aliphatic heterocycles. The van der Waals surface area contributed by atoms with Crippen molar-refractivity contribution in [2.24, 2.45) is 16.5 Å². The summed E-state index contributed by atoms with van der Waals surface area (Å²) in [7, 11) is 0. The van der Waals surface area contributed by atoms with Gasteiger partial charge >= 0.3 is 11.9 Å². The van der Waals surface area contributed by atoms with E-state index in [2.05, 4.69) is 15.6 Å². The SMILES string of the molecule is NC(N)=Nc1cccc(C(=O)NCC(=O)NC(CC(=O)O)c2ccccc2OCC(=O)O)c1. The van der Waals surface area contributed by atoms with Gasteiger partial charge in [-0.1, -0.05) is 24.3 Å². The number of aliphatic imine (C=N–C) groups is 1. The van der Waals surface area contributed by atoms with Crippen molar-refractivity contribution in [3.8, 4) is 5.75 Å². The molecule has 2 aromatic rings. The molecule has 12 nitrogen and oxygen atoms in total. The number of carbonyl (C=O) groups is 4. The maximum absolute atomic E-state index is 12.4. The van der Waals surface area contributed by atoms with Crippen molar-refractivity contribution in [1.82, 2.24) is 10.6 Å². The van der Waals surface area contributed by atoms with Crippen LogP contribution in [-0.2, 0) is 14.4 Å². The van der Waals surface area contributed by atoms with E-state index in [0.717, 1.165) is 0 Å². The highest BCUT2D eigenvalue weighted by molar-refractivity contribution is 5.97. The van der Waals surface area contributed by atoms with Crippen LogP contribution in [-0.4, -0.2) is 53.1 Å². The number of benzene rings is 2. The highest BCUT2D eigenvalue weighted by Crippen LogP contribution is 2.27. The molecule has 0 aromatic heterocycles. The van der Waals surface area contributed by atoms with Gasteiger partial charge in [-0.2, -0.15) is 0 Å². The molecule has 2 rings (SSSR count). The van der Waals surface area contributed by atoms with Gasteiger partial charge in [0.2, 0.25) is 5.91 Å². The minimum Gasteiger partial charge on any atom is -0.482 e. The summed E-state index contributed by atoms with van der Waals surface area (Å²) in [6.45, 7) is -1.08. The number of carbonyl (C=O) groups excluding carboxylic acids is 2. The molecule has 33 heavy (non-hydrogen) atoms. The number of hydrogen-bond acceptors (Lipinski definition) is 6. The summed E-state index contributed by atoms with van der Waals surface area (Å²) in [6.07, 6.45) is -0.492. The number of hydrogen-bond donors (Lipinski definition) is 6. The molecule has 0 bridgehead atoms. The molecule has 0 saturated carbocycles. The van der Waals surface area contributed by atoms with Gasteiger partial charge in [0.15, 0.2) is 12.6 Å². The van der Waals surface area contributed by atoms with Crippen molar-refractivity contribution < 1.29 is 34.1 Å². The molecule has 174 valence electrons. The Labute approximate surface area is 188 Å². The van der Waals surface area contributed by atoms with Crippen molar-refractivity contribution in [3.05, 3.63) is 59.7 Å². The summed E-state index contributed by atoms with van der Waals surface area (Å²) in [6, 6.07) is 11.2. The molecule has 0 saturated heterocycles. The molecule has 0 radical (unpaired) electrons. The Morgan fingerprint density at radius 2 is 1.73 bits per heavy atom. The van der Waals surface area contributed by atoms with Crippen molar-refractivity contribution in [1.29, 1.82) is 0 Å². The van der Waals surface area contributed by atoms with Crippen LogP contribution < -0.4 is 26.8 Å². The molecule has 0 aliphatic rings. The van der Waals surface area contributed by atoms with Crippen LogP contribution in [0.15, 0.2) is 53.5 Å². The number of carboxylic acid groups (broad SMARTS) is 2. The summed E-state index contributed by atoms with van der Waals surface area (Å²) in [5.41, 5.74) is 11.5. The highest BCUT2D eigenvalue weighted by Gasteiger charge is 2.22. The number of ether oxygens (including phenoxy) is 1. The molecule has 12 heteroatoms. The van der Waals surface area contributed by atoms with Crippen molar-refractivity contribution in [3.63, 3.8) is 0 Å². The molecule has 1 atom stereocenters. The number of nitrogens with two attached hydrogens (primary N) is 2. The lowest BCUT2D eigenvalue weighted by Crippen LogP contribution is -2.39. The highest BCUT2D eigenvalue weighted by atomic mass is 16.5. The van der Waals surface area contributed by atoms with E-state index in [1.807, 2.05) is 0 Å². The summed E-state index contributed by atoms with van der Waals surface area (Å²) in [4.78, 5) is 50.7. The first-order valence-corrected chi connectivity index (χ1v) is 9.58. The number of rotatable bonds is 11. The molecular weight excluding hydrogens is 434 g/mol. The second-order valence-electron chi connectivity index (χ2n) is 6.71. The second-order valence-corrected chi connectivity index (χ2v) is 6.71. The first kappa shape index (κ1) is 24.7. The second kappa shape index (κ2) is 11.7. The number of para-hydroxylation sites is 1. The van der Waals surface area contributed by atoms with Gasteiger partial charge in [0.1, 0.15) is 5.75 Å². The average molecular weight is 457 g/mol. The molecule has 8 N–H and O–H groups in total. The van der Waals surface area contributed by atoms with Crippen LogP contribution in [0.3, 0.4) is 0 Å². The van der Waals surface area contributed by atoms with Gasteiger partial charge in [-0.3, -0.25) is 14.4 Å². The predicted octanol–water partition coefficient (Wildman–Crippen LogP) is 0.117. The van der Waals surface area contributed by atoms with Crippen LogP contribution in [0.4, 0.5) is 5.69 Å². The number of guanidine groups is 1. The lowest BCUT2D eigenvalue weighted by Gasteiger charge is -2.20. The van der Waals surface area contributed by atoms with E-state index in [0.29, 0.717) is 5.69 Å². The van der Waals surface area contributed by atoms with Gasteiger partial charge in [-0.25, -0.2) is 9.79 Å². The van der Waals surface area contributed by atoms with Crippen LogP contribution in [0.5, 0.6) is 5.75 Å². The first-order chi connectivity index (χ1) is 15.7. The van der Waals surface area contributed by atoms with Crippen LogP contribution >= 0.6 is 0 Å². The fourth-order valence-electron chi connectivity index (χ4n) is 2.83. The monoisotopic (exact) mass is 457 g/mol. The van der Waals surface area contributed by atoms with Gasteiger partial charge < -0.3 is 37.1 Å². The van der Waals surface area contributed by atoms with Gasteiger partial charge in [-0.15, -0.1) is 0 Å². The standard InChI is InChI=1S/C21H23N5O7/c22-21(23)25-13-5-3-4-12(8-13)20(32)24-10-17(27)26-15(9-18(28)29)14-6-1-2-7-16(14)33-11-19(30)31/h1-8,15H,9-11H2,(H,24,32)(H,26,27)(H,28,29)(H,30,31)(H4,22,23,25). The Bertz CT molecular complexity index is 1070. The van der Waals surface area contributed by atoms with Crippen LogP contribution in [0.25, 0.3) is 0 Å². The molecule has 0 heterocycles. The van der Waals surface area contributed by atoms with Crippen LogP contribution in [0.2, 0.25) is 0 Å². The van der Waals surface area contributed by atoms with E-state index < -0.39 is 49.4 Å². The number of nitrogens with one attached hydrogen (secondary N) is 2. The van der Waals surface area contributed by atoms with Gasteiger partial charge in [0, 0.05) is 11.1 Å². The molecular formula is C21H23N5O7. The van der Waals surface area contributed by atoms with Gasteiger partial charge in [-0.05, 0) is 24.3 Å². The van der Waals surface area contributed by atoms with Gasteiger partial charge in [0.05, 0.1) is 24.7 Å². The zero-order valence-corrected chi connectivity index (χ0v) is 17.4. The molecule has 2 amide bonds. The Morgan fingerprint density at radius 1 is 1.00 bits per heavy atom. The van der Waals surface area contributed by atoms with E-state index >= 15 is 0 Å². The smallest absolute Gasteiger partial charge is 0.341 e. The maximum Gasteiger partial charge on any atom is 0.341 e. The Hall–Kier alpha value is -4.61. The van der Waals surface area contributed by atoms with E-state index in [1.54, 1.807) is 24.3 Å². The zero-order chi connectivity index (χ0) is 24.4. The largest absolute Gasteiger partial charge is 0.482 e. The lowest BCUT2D eigenvalue weighted by molar-refractivity contribution is -0.140. The Balaban J connectivity index is 2.08. The first-order valence-electron chi connectivity index (χ1n) is 9.58. The summed E-state index contributed by atoms with van der Waals surface area (Å²) >= 11 is 0. The number of amides is 2. The van der Waals surface area contributed by atoms with Crippen molar-refractivity contribution >= 4 is 35.4 Å². The topological polar surface area (TPSA) is 206 Å². The Morgan fingerprint density at radius 3 is 2.39 bits per heavy atom. The minimum absolute atomic E-state index is 0.118. The average Bonchev–Trinajstić information content (AvgIpc) is 2.75. The number of nitrogens with zero attached hydrogens (tertiary/aromatic N) is 1. The normalized spacial score (nSPS) is 11.0. The van der Waals surface area contributed by atoms with E-state index in [4.69, 9.17) is 21.3 Å². The van der Waals surface area contributed by atoms with Crippen molar-refractivity contribution in [2.75, 3.05) is 13.2 Å². The third-order valence-corrected chi connectivity index (χ3v) is 4.14. The van der Waals surface area contributed by atoms with Crippen molar-refractivity contribution in [2.45, 2.75) is 12.5 Å². The molecule has 1 unspecified atom stereocenters. The summed E-state index contributed by atoms with van der Waals surface area (Å²) < 4.78 is 5.20. The summed E-state index contributed by atoms with van der Waals surface area (Å²) in [5.74, 6) is -3.71. The van der Waals surface area contributed by atoms with Gasteiger partial charge in [0.25, 0.3) is 5.91 Å².